The maximum absolute atomic E-state index is 11.7. The summed E-state index contributed by atoms with van der Waals surface area (Å²) < 4.78 is 11.5. The SMILES string of the molecule is COC(=O)c1nc(CCC(=O)O)n2ccc(OC)cc12. The number of carbonyl (C=O) groups excluding carboxylic acids is 1. The molecule has 20 heavy (non-hydrogen) atoms. The van der Waals surface area contributed by atoms with Crippen LogP contribution in [-0.4, -0.2) is 40.6 Å². The van der Waals surface area contributed by atoms with Gasteiger partial charge < -0.3 is 19.0 Å². The minimum Gasteiger partial charge on any atom is -0.497 e. The number of rotatable bonds is 5. The van der Waals surface area contributed by atoms with Crippen LogP contribution in [-0.2, 0) is 16.0 Å². The van der Waals surface area contributed by atoms with E-state index in [9.17, 15) is 9.59 Å². The first-order valence-corrected chi connectivity index (χ1v) is 5.92. The molecule has 106 valence electrons. The van der Waals surface area contributed by atoms with Crippen LogP contribution < -0.4 is 4.74 Å². The van der Waals surface area contributed by atoms with Gasteiger partial charge in [0.1, 0.15) is 11.6 Å². The van der Waals surface area contributed by atoms with Crippen molar-refractivity contribution >= 4 is 17.5 Å². The monoisotopic (exact) mass is 278 g/mol. The average Bonchev–Trinajstić information content (AvgIpc) is 2.82. The summed E-state index contributed by atoms with van der Waals surface area (Å²) in [6.45, 7) is 0. The van der Waals surface area contributed by atoms with Crippen molar-refractivity contribution in [3.8, 4) is 5.75 Å². The Hall–Kier alpha value is -2.57. The van der Waals surface area contributed by atoms with E-state index in [1.807, 2.05) is 0 Å². The second-order valence-corrected chi connectivity index (χ2v) is 4.08. The Morgan fingerprint density at radius 1 is 1.40 bits per heavy atom. The van der Waals surface area contributed by atoms with Crippen molar-refractivity contribution in [2.24, 2.45) is 0 Å². The maximum Gasteiger partial charge on any atom is 0.358 e. The quantitative estimate of drug-likeness (QED) is 0.825. The lowest BCUT2D eigenvalue weighted by Gasteiger charge is -2.03. The van der Waals surface area contributed by atoms with Crippen molar-refractivity contribution in [1.29, 1.82) is 0 Å². The first-order valence-electron chi connectivity index (χ1n) is 5.92. The molecule has 0 amide bonds. The van der Waals surface area contributed by atoms with Gasteiger partial charge in [0.05, 0.1) is 26.2 Å². The van der Waals surface area contributed by atoms with E-state index in [4.69, 9.17) is 9.84 Å². The Bertz CT molecular complexity index is 662. The number of aliphatic carboxylic acids is 1. The average molecular weight is 278 g/mol. The zero-order valence-corrected chi connectivity index (χ0v) is 11.1. The number of ether oxygens (including phenoxy) is 2. The number of carboxylic acid groups (broad SMARTS) is 1. The Morgan fingerprint density at radius 2 is 2.15 bits per heavy atom. The van der Waals surface area contributed by atoms with E-state index < -0.39 is 11.9 Å². The molecule has 7 nitrogen and oxygen atoms in total. The second-order valence-electron chi connectivity index (χ2n) is 4.08. The molecule has 0 saturated heterocycles. The molecule has 0 bridgehead atoms. The van der Waals surface area contributed by atoms with Gasteiger partial charge in [-0.25, -0.2) is 9.78 Å². The molecular formula is C13H14N2O5. The predicted molar refractivity (Wildman–Crippen MR) is 69.0 cm³/mol. The van der Waals surface area contributed by atoms with E-state index in [1.54, 1.807) is 22.7 Å². The molecule has 0 radical (unpaired) electrons. The van der Waals surface area contributed by atoms with Gasteiger partial charge in [-0.2, -0.15) is 0 Å². The zero-order valence-electron chi connectivity index (χ0n) is 11.1. The van der Waals surface area contributed by atoms with E-state index >= 15 is 0 Å². The highest BCUT2D eigenvalue weighted by atomic mass is 16.5. The number of carbonyl (C=O) groups is 2. The van der Waals surface area contributed by atoms with Gasteiger partial charge in [-0.3, -0.25) is 4.79 Å². The first-order chi connectivity index (χ1) is 9.56. The number of methoxy groups -OCH3 is 2. The predicted octanol–water partition coefficient (Wildman–Crippen LogP) is 1.15. The highest BCUT2D eigenvalue weighted by molar-refractivity contribution is 5.95. The normalized spacial score (nSPS) is 10.5. The van der Waals surface area contributed by atoms with Gasteiger partial charge >= 0.3 is 11.9 Å². The van der Waals surface area contributed by atoms with E-state index in [0.717, 1.165) is 0 Å². The van der Waals surface area contributed by atoms with Crippen LogP contribution in [0.2, 0.25) is 0 Å². The fourth-order valence-corrected chi connectivity index (χ4v) is 1.90. The molecule has 0 spiro atoms. The third-order valence-electron chi connectivity index (χ3n) is 2.86. The number of carboxylic acids is 1. The molecule has 7 heteroatoms. The van der Waals surface area contributed by atoms with E-state index in [1.165, 1.54) is 14.2 Å². The summed E-state index contributed by atoms with van der Waals surface area (Å²) in [5.41, 5.74) is 0.670. The molecule has 0 aliphatic rings. The molecule has 0 saturated carbocycles. The Labute approximate surface area is 114 Å². The molecule has 0 aliphatic heterocycles. The molecule has 2 heterocycles. The molecule has 0 aromatic carbocycles. The molecular weight excluding hydrogens is 264 g/mol. The van der Waals surface area contributed by atoms with Crippen molar-refractivity contribution in [3.05, 3.63) is 29.8 Å². The van der Waals surface area contributed by atoms with Crippen LogP contribution in [0.15, 0.2) is 18.3 Å². The second kappa shape index (κ2) is 5.60. The number of pyridine rings is 1. The summed E-state index contributed by atoms with van der Waals surface area (Å²) >= 11 is 0. The number of hydrogen-bond acceptors (Lipinski definition) is 5. The van der Waals surface area contributed by atoms with Crippen LogP contribution in [0.1, 0.15) is 22.7 Å². The number of aryl methyl sites for hydroxylation is 1. The van der Waals surface area contributed by atoms with Gasteiger partial charge in [0, 0.05) is 18.7 Å². The lowest BCUT2D eigenvalue weighted by molar-refractivity contribution is -0.137. The van der Waals surface area contributed by atoms with E-state index in [2.05, 4.69) is 9.72 Å². The lowest BCUT2D eigenvalue weighted by Crippen LogP contribution is -2.03. The van der Waals surface area contributed by atoms with Gasteiger partial charge in [-0.05, 0) is 6.07 Å². The first kappa shape index (κ1) is 13.9. The van der Waals surface area contributed by atoms with E-state index in [-0.39, 0.29) is 18.5 Å². The summed E-state index contributed by atoms with van der Waals surface area (Å²) in [7, 11) is 2.79. The van der Waals surface area contributed by atoms with Gasteiger partial charge in [-0.15, -0.1) is 0 Å². The number of imidazole rings is 1. The van der Waals surface area contributed by atoms with Gasteiger partial charge in [-0.1, -0.05) is 0 Å². The topological polar surface area (TPSA) is 90.1 Å². The van der Waals surface area contributed by atoms with Crippen LogP contribution in [0.4, 0.5) is 0 Å². The molecule has 0 atom stereocenters. The van der Waals surface area contributed by atoms with Crippen LogP contribution >= 0.6 is 0 Å². The van der Waals surface area contributed by atoms with Gasteiger partial charge in [0.25, 0.3) is 0 Å². The third-order valence-corrected chi connectivity index (χ3v) is 2.86. The number of hydrogen-bond donors (Lipinski definition) is 1. The highest BCUT2D eigenvalue weighted by Crippen LogP contribution is 2.20. The minimum atomic E-state index is -0.921. The molecule has 0 aliphatic carbocycles. The number of aromatic nitrogens is 2. The van der Waals surface area contributed by atoms with E-state index in [0.29, 0.717) is 17.1 Å². The van der Waals surface area contributed by atoms with Crippen molar-refractivity contribution < 1.29 is 24.2 Å². The molecule has 2 aromatic heterocycles. The molecule has 0 unspecified atom stereocenters. The van der Waals surface area contributed by atoms with Crippen molar-refractivity contribution in [2.75, 3.05) is 14.2 Å². The standard InChI is InChI=1S/C13H14N2O5/c1-19-8-5-6-15-9(7-8)12(13(18)20-2)14-10(15)3-4-11(16)17/h5-7H,3-4H2,1-2H3,(H,16,17). The van der Waals surface area contributed by atoms with Crippen LogP contribution in [0.3, 0.4) is 0 Å². The van der Waals surface area contributed by atoms with Crippen molar-refractivity contribution in [3.63, 3.8) is 0 Å². The van der Waals surface area contributed by atoms with Crippen molar-refractivity contribution in [1.82, 2.24) is 9.38 Å². The van der Waals surface area contributed by atoms with Crippen molar-refractivity contribution in [2.45, 2.75) is 12.8 Å². The lowest BCUT2D eigenvalue weighted by atomic mass is 10.3. The molecule has 2 aromatic rings. The highest BCUT2D eigenvalue weighted by Gasteiger charge is 2.19. The Kier molecular flexibility index (Phi) is 3.88. The van der Waals surface area contributed by atoms with Crippen LogP contribution in [0.5, 0.6) is 5.75 Å². The third kappa shape index (κ3) is 2.56. The molecule has 0 fully saturated rings. The molecule has 2 rings (SSSR count). The number of nitrogens with zero attached hydrogens (tertiary/aromatic N) is 2. The summed E-state index contributed by atoms with van der Waals surface area (Å²) in [5, 5.41) is 8.74. The smallest absolute Gasteiger partial charge is 0.358 e. The summed E-state index contributed by atoms with van der Waals surface area (Å²) in [4.78, 5) is 26.6. The summed E-state index contributed by atoms with van der Waals surface area (Å²) in [6.07, 6.45) is 1.84. The zero-order chi connectivity index (χ0) is 14.7. The van der Waals surface area contributed by atoms with Gasteiger partial charge in [0.2, 0.25) is 0 Å². The van der Waals surface area contributed by atoms with Gasteiger partial charge in [0.15, 0.2) is 5.69 Å². The summed E-state index contributed by atoms with van der Waals surface area (Å²) in [5.74, 6) is -0.426. The number of esters is 1. The largest absolute Gasteiger partial charge is 0.497 e. The Balaban J connectivity index is 2.53. The maximum atomic E-state index is 11.7. The minimum absolute atomic E-state index is 0.0637. The fraction of sp³-hybridized carbons (Fsp3) is 0.308. The summed E-state index contributed by atoms with van der Waals surface area (Å²) in [6, 6.07) is 3.36. The fourth-order valence-electron chi connectivity index (χ4n) is 1.90. The molecule has 1 N–H and O–H groups in total. The van der Waals surface area contributed by atoms with Crippen LogP contribution in [0, 0.1) is 0 Å². The Morgan fingerprint density at radius 3 is 2.75 bits per heavy atom. The number of fused-ring (bicyclic) bond motifs is 1. The van der Waals surface area contributed by atoms with Crippen LogP contribution in [0.25, 0.3) is 5.52 Å².